The second-order valence-corrected chi connectivity index (χ2v) is 1.65. The Balaban J connectivity index is 2.77. The van der Waals surface area contributed by atoms with Crippen molar-refractivity contribution < 1.29 is 16.0 Å². The second kappa shape index (κ2) is 1.33. The SMILES string of the molecule is N[C]1([Cu])N=NN=N1. The van der Waals surface area contributed by atoms with E-state index in [1.165, 1.54) is 0 Å². The molecule has 0 atom stereocenters. The van der Waals surface area contributed by atoms with Gasteiger partial charge in [0, 0.05) is 0 Å². The summed E-state index contributed by atoms with van der Waals surface area (Å²) in [5.74, 6) is 0. The van der Waals surface area contributed by atoms with Crippen molar-refractivity contribution in [1.82, 2.24) is 0 Å². The quantitative estimate of drug-likeness (QED) is 0.479. The molecule has 0 aliphatic carbocycles. The average Bonchev–Trinajstić information content (AvgIpc) is 1.84. The fraction of sp³-hybridized carbons (Fsp3) is 1.00. The summed E-state index contributed by atoms with van der Waals surface area (Å²) in [4.78, 5) is 0. The molecule has 0 amide bonds. The first-order valence-electron chi connectivity index (χ1n) is 1.49. The van der Waals surface area contributed by atoms with Crippen LogP contribution in [-0.2, 0) is 16.0 Å². The number of hydrogen-bond acceptors (Lipinski definition) is 5. The Morgan fingerprint density at radius 2 is 1.71 bits per heavy atom. The van der Waals surface area contributed by atoms with Crippen LogP contribution < -0.4 is 5.73 Å². The predicted molar refractivity (Wildman–Crippen MR) is 16.6 cm³/mol. The van der Waals surface area contributed by atoms with Gasteiger partial charge < -0.3 is 0 Å². The number of nitrogens with two attached hydrogens (primary N) is 1. The molecule has 0 spiro atoms. The summed E-state index contributed by atoms with van der Waals surface area (Å²) in [6, 6.07) is 0. The Hall–Kier alpha value is -0.321. The van der Waals surface area contributed by atoms with Crippen LogP contribution in [0.15, 0.2) is 20.7 Å². The van der Waals surface area contributed by atoms with Crippen LogP contribution in [0, 0.1) is 0 Å². The molecule has 0 unspecified atom stereocenters. The maximum absolute atomic E-state index is 5.06. The van der Waals surface area contributed by atoms with Gasteiger partial charge in [-0.3, -0.25) is 0 Å². The van der Waals surface area contributed by atoms with Gasteiger partial charge >= 0.3 is 47.1 Å². The van der Waals surface area contributed by atoms with Crippen molar-refractivity contribution in [3.63, 3.8) is 0 Å². The molecule has 1 aliphatic heterocycles. The van der Waals surface area contributed by atoms with E-state index in [1.807, 2.05) is 0 Å². The van der Waals surface area contributed by atoms with Crippen molar-refractivity contribution in [2.45, 2.75) is 4.69 Å². The molecule has 0 radical (unpaired) electrons. The van der Waals surface area contributed by atoms with Crippen molar-refractivity contribution in [3.05, 3.63) is 0 Å². The first-order chi connectivity index (χ1) is 3.21. The van der Waals surface area contributed by atoms with Crippen LogP contribution in [0.2, 0.25) is 0 Å². The van der Waals surface area contributed by atoms with Gasteiger partial charge in [0.1, 0.15) is 0 Å². The third-order valence-electron chi connectivity index (χ3n) is 0.395. The first-order valence-corrected chi connectivity index (χ1v) is 1.96. The fourth-order valence-electron chi connectivity index (χ4n) is 0.179. The van der Waals surface area contributed by atoms with E-state index in [4.69, 9.17) is 5.73 Å². The molecule has 1 heterocycles. The predicted octanol–water partition coefficient (Wildman–Crippen LogP) is -0.0638. The molecule has 0 bridgehead atoms. The monoisotopic (exact) mass is 147 g/mol. The molecule has 0 saturated heterocycles. The fourth-order valence-corrected chi connectivity index (χ4v) is 0.263. The van der Waals surface area contributed by atoms with Crippen LogP contribution >= 0.6 is 0 Å². The summed E-state index contributed by atoms with van der Waals surface area (Å²) in [6.07, 6.45) is 0. The van der Waals surface area contributed by atoms with Gasteiger partial charge in [0.2, 0.25) is 0 Å². The summed E-state index contributed by atoms with van der Waals surface area (Å²) < 4.78 is -1.33. The zero-order chi connectivity index (χ0) is 5.33. The van der Waals surface area contributed by atoms with Gasteiger partial charge in [-0.2, -0.15) is 0 Å². The van der Waals surface area contributed by atoms with Crippen molar-refractivity contribution in [2.24, 2.45) is 26.4 Å². The Morgan fingerprint density at radius 3 is 1.86 bits per heavy atom. The van der Waals surface area contributed by atoms with Crippen LogP contribution in [0.25, 0.3) is 0 Å². The third kappa shape index (κ3) is 1.02. The van der Waals surface area contributed by atoms with Gasteiger partial charge in [-0.1, -0.05) is 0 Å². The number of nitrogens with zero attached hydrogens (tertiary/aromatic N) is 4. The van der Waals surface area contributed by atoms with Crippen molar-refractivity contribution >= 4 is 0 Å². The summed E-state index contributed by atoms with van der Waals surface area (Å²) in [5.41, 5.74) is 5.06. The van der Waals surface area contributed by atoms with Crippen molar-refractivity contribution in [1.29, 1.82) is 0 Å². The molecular formula is CH2CuN5. The van der Waals surface area contributed by atoms with Crippen LogP contribution in [0.3, 0.4) is 0 Å². The Morgan fingerprint density at radius 1 is 1.29 bits per heavy atom. The molecule has 0 fully saturated rings. The summed E-state index contributed by atoms with van der Waals surface area (Å²) in [5, 5.41) is 12.7. The maximum atomic E-state index is 5.06. The van der Waals surface area contributed by atoms with Crippen LogP contribution in [0.5, 0.6) is 0 Å². The molecule has 1 aliphatic rings. The molecule has 0 aromatic heterocycles. The zero-order valence-corrected chi connectivity index (χ0v) is 4.11. The Bertz CT molecular complexity index is 110. The van der Waals surface area contributed by atoms with Gasteiger partial charge in [0.15, 0.2) is 0 Å². The molecule has 5 nitrogen and oxygen atoms in total. The molecule has 0 aromatic carbocycles. The van der Waals surface area contributed by atoms with Crippen LogP contribution in [0.1, 0.15) is 0 Å². The van der Waals surface area contributed by atoms with Crippen LogP contribution in [-0.4, -0.2) is 4.69 Å². The van der Waals surface area contributed by atoms with E-state index in [2.05, 4.69) is 36.7 Å². The zero-order valence-electron chi connectivity index (χ0n) is 3.17. The topological polar surface area (TPSA) is 75.5 Å². The molecule has 1 rings (SSSR count). The Labute approximate surface area is 47.9 Å². The summed E-state index contributed by atoms with van der Waals surface area (Å²) in [6.45, 7) is 0. The van der Waals surface area contributed by atoms with Crippen molar-refractivity contribution in [3.8, 4) is 0 Å². The van der Waals surface area contributed by atoms with Crippen molar-refractivity contribution in [2.75, 3.05) is 0 Å². The molecule has 7 heavy (non-hydrogen) atoms. The van der Waals surface area contributed by atoms with E-state index in [0.717, 1.165) is 0 Å². The minimum absolute atomic E-state index is 1.33. The average molecular weight is 148 g/mol. The first kappa shape index (κ1) is 4.83. The van der Waals surface area contributed by atoms with E-state index in [-0.39, 0.29) is 0 Å². The second-order valence-electron chi connectivity index (χ2n) is 0.959. The molecular weight excluding hydrogens is 146 g/mol. The van der Waals surface area contributed by atoms with E-state index in [0.29, 0.717) is 0 Å². The van der Waals surface area contributed by atoms with Gasteiger partial charge in [-0.05, 0) is 0 Å². The van der Waals surface area contributed by atoms with E-state index in [9.17, 15) is 0 Å². The van der Waals surface area contributed by atoms with Gasteiger partial charge in [-0.25, -0.2) is 0 Å². The van der Waals surface area contributed by atoms with Crippen LogP contribution in [0.4, 0.5) is 0 Å². The van der Waals surface area contributed by atoms with Gasteiger partial charge in [-0.15, -0.1) is 0 Å². The third-order valence-corrected chi connectivity index (χ3v) is 0.583. The normalized spacial score (nSPS) is 23.9. The molecule has 2 N–H and O–H groups in total. The molecule has 0 aromatic rings. The van der Waals surface area contributed by atoms with E-state index < -0.39 is 4.69 Å². The Kier molecular flexibility index (Phi) is 0.916. The van der Waals surface area contributed by atoms with E-state index >= 15 is 0 Å². The molecule has 0 saturated carbocycles. The molecule has 42 valence electrons. The number of rotatable bonds is 0. The van der Waals surface area contributed by atoms with Gasteiger partial charge in [0.05, 0.1) is 0 Å². The number of hydrogen-bond donors (Lipinski definition) is 1. The van der Waals surface area contributed by atoms with Gasteiger partial charge in [0.25, 0.3) is 0 Å². The van der Waals surface area contributed by atoms with E-state index in [1.54, 1.807) is 0 Å². The minimum atomic E-state index is -1.33. The standard InChI is InChI=1S/CH2N5.Cu/c2-1-3-5-6-4-1;/h2H2;. The summed E-state index contributed by atoms with van der Waals surface area (Å²) >= 11 is 4.61. The summed E-state index contributed by atoms with van der Waals surface area (Å²) in [7, 11) is 0. The molecule has 6 heteroatoms.